The molecule has 0 aliphatic carbocycles. The molecule has 1 aromatic rings. The lowest BCUT2D eigenvalue weighted by atomic mass is 10.0. The van der Waals surface area contributed by atoms with Gasteiger partial charge in [0.15, 0.2) is 0 Å². The largest absolute Gasteiger partial charge is 0.379 e. The van der Waals surface area contributed by atoms with E-state index in [9.17, 15) is 9.18 Å². The van der Waals surface area contributed by atoms with Crippen molar-refractivity contribution in [3.8, 4) is 0 Å². The van der Waals surface area contributed by atoms with Gasteiger partial charge >= 0.3 is 0 Å². The second-order valence-corrected chi connectivity index (χ2v) is 6.25. The van der Waals surface area contributed by atoms with Crippen molar-refractivity contribution >= 4 is 5.91 Å². The smallest absolute Gasteiger partial charge is 0.244 e. The number of carbonyl (C=O) groups is 1. The van der Waals surface area contributed by atoms with E-state index in [-0.39, 0.29) is 17.8 Å². The first-order valence-electron chi connectivity index (χ1n) is 8.24. The average molecular weight is 321 g/mol. The molecule has 0 unspecified atom stereocenters. The molecule has 0 spiro atoms. The van der Waals surface area contributed by atoms with Crippen LogP contribution in [0, 0.1) is 5.82 Å². The third kappa shape index (κ3) is 3.88. The standard InChI is InChI=1S/C17H24FN3O2/c1-13-12-21(6-5-19-13)17(22)16(20-7-9-23-10-8-20)14-3-2-4-15(18)11-14/h2-4,11,13,16,19H,5-10,12H2,1H3/t13-,16+/m0/s1. The van der Waals surface area contributed by atoms with Crippen molar-refractivity contribution in [1.82, 2.24) is 15.1 Å². The summed E-state index contributed by atoms with van der Waals surface area (Å²) in [5.41, 5.74) is 0.725. The molecule has 2 heterocycles. The van der Waals surface area contributed by atoms with Crippen LogP contribution in [0.5, 0.6) is 0 Å². The van der Waals surface area contributed by atoms with Crippen LogP contribution < -0.4 is 5.32 Å². The predicted octanol–water partition coefficient (Wildman–Crippen LogP) is 1.02. The molecule has 0 radical (unpaired) electrons. The molecule has 2 aliphatic heterocycles. The van der Waals surface area contributed by atoms with Crippen molar-refractivity contribution in [3.63, 3.8) is 0 Å². The van der Waals surface area contributed by atoms with Crippen molar-refractivity contribution < 1.29 is 13.9 Å². The molecule has 2 aliphatic rings. The molecule has 0 saturated carbocycles. The van der Waals surface area contributed by atoms with Gasteiger partial charge in [-0.1, -0.05) is 12.1 Å². The summed E-state index contributed by atoms with van der Waals surface area (Å²) in [7, 11) is 0. The second-order valence-electron chi connectivity index (χ2n) is 6.25. The van der Waals surface area contributed by atoms with E-state index in [0.29, 0.717) is 39.4 Å². The van der Waals surface area contributed by atoms with Crippen LogP contribution in [0.2, 0.25) is 0 Å². The van der Waals surface area contributed by atoms with Gasteiger partial charge in [-0.15, -0.1) is 0 Å². The number of ether oxygens (including phenoxy) is 1. The highest BCUT2D eigenvalue weighted by Gasteiger charge is 2.33. The minimum absolute atomic E-state index is 0.0610. The fourth-order valence-electron chi connectivity index (χ4n) is 3.33. The van der Waals surface area contributed by atoms with Gasteiger partial charge in [0.05, 0.1) is 13.2 Å². The van der Waals surface area contributed by atoms with Crippen LogP contribution in [0.4, 0.5) is 4.39 Å². The Morgan fingerprint density at radius 2 is 2.13 bits per heavy atom. The Morgan fingerprint density at radius 1 is 1.35 bits per heavy atom. The highest BCUT2D eigenvalue weighted by molar-refractivity contribution is 5.83. The molecule has 3 rings (SSSR count). The van der Waals surface area contributed by atoms with Crippen LogP contribution in [0.25, 0.3) is 0 Å². The third-order valence-electron chi connectivity index (χ3n) is 4.49. The van der Waals surface area contributed by atoms with Crippen molar-refractivity contribution in [1.29, 1.82) is 0 Å². The first kappa shape index (κ1) is 16.4. The Bertz CT molecular complexity index is 548. The summed E-state index contributed by atoms with van der Waals surface area (Å²) in [5.74, 6) is -0.243. The summed E-state index contributed by atoms with van der Waals surface area (Å²) in [6, 6.07) is 6.25. The number of piperazine rings is 1. The molecule has 126 valence electrons. The Hall–Kier alpha value is -1.50. The van der Waals surface area contributed by atoms with Gasteiger partial charge in [-0.25, -0.2) is 4.39 Å². The fourth-order valence-corrected chi connectivity index (χ4v) is 3.33. The third-order valence-corrected chi connectivity index (χ3v) is 4.49. The minimum Gasteiger partial charge on any atom is -0.379 e. The van der Waals surface area contributed by atoms with Gasteiger partial charge in [0.1, 0.15) is 11.9 Å². The van der Waals surface area contributed by atoms with E-state index >= 15 is 0 Å². The monoisotopic (exact) mass is 321 g/mol. The maximum Gasteiger partial charge on any atom is 0.244 e. The predicted molar refractivity (Wildman–Crippen MR) is 85.6 cm³/mol. The molecule has 1 aromatic carbocycles. The van der Waals surface area contributed by atoms with E-state index in [4.69, 9.17) is 4.74 Å². The molecule has 2 fully saturated rings. The van der Waals surface area contributed by atoms with Crippen molar-refractivity contribution in [3.05, 3.63) is 35.6 Å². The van der Waals surface area contributed by atoms with Gasteiger partial charge in [-0.2, -0.15) is 0 Å². The molecule has 2 saturated heterocycles. The SMILES string of the molecule is C[C@H]1CN(C(=O)[C@@H](c2cccc(F)c2)N2CCOCC2)CCN1. The molecular weight excluding hydrogens is 297 g/mol. The summed E-state index contributed by atoms with van der Waals surface area (Å²) in [6.07, 6.45) is 0. The van der Waals surface area contributed by atoms with E-state index in [0.717, 1.165) is 12.1 Å². The van der Waals surface area contributed by atoms with Crippen LogP contribution in [0.1, 0.15) is 18.5 Å². The maximum atomic E-state index is 13.7. The number of halogens is 1. The maximum absolute atomic E-state index is 13.7. The molecule has 1 amide bonds. The van der Waals surface area contributed by atoms with Crippen LogP contribution in [0.3, 0.4) is 0 Å². The van der Waals surface area contributed by atoms with E-state index in [1.54, 1.807) is 6.07 Å². The Balaban J connectivity index is 1.86. The lowest BCUT2D eigenvalue weighted by molar-refractivity contribution is -0.140. The number of amides is 1. The Labute approximate surface area is 136 Å². The molecule has 0 aromatic heterocycles. The first-order valence-corrected chi connectivity index (χ1v) is 8.24. The van der Waals surface area contributed by atoms with E-state index in [1.807, 2.05) is 11.0 Å². The molecular formula is C17H24FN3O2. The number of hydrogen-bond acceptors (Lipinski definition) is 4. The van der Waals surface area contributed by atoms with Crippen molar-refractivity contribution in [2.75, 3.05) is 45.9 Å². The van der Waals surface area contributed by atoms with Crippen LogP contribution in [-0.2, 0) is 9.53 Å². The number of benzene rings is 1. The number of hydrogen-bond donors (Lipinski definition) is 1. The fraction of sp³-hybridized carbons (Fsp3) is 0.588. The molecule has 1 N–H and O–H groups in total. The molecule has 23 heavy (non-hydrogen) atoms. The summed E-state index contributed by atoms with van der Waals surface area (Å²) in [5, 5.41) is 3.35. The number of nitrogens with one attached hydrogen (secondary N) is 1. The van der Waals surface area contributed by atoms with Gasteiger partial charge in [-0.05, 0) is 24.6 Å². The number of carbonyl (C=O) groups excluding carboxylic acids is 1. The first-order chi connectivity index (χ1) is 11.1. The topological polar surface area (TPSA) is 44.8 Å². The Morgan fingerprint density at radius 3 is 2.83 bits per heavy atom. The van der Waals surface area contributed by atoms with E-state index < -0.39 is 6.04 Å². The lowest BCUT2D eigenvalue weighted by Crippen LogP contribution is -2.55. The average Bonchev–Trinajstić information content (AvgIpc) is 2.56. The van der Waals surface area contributed by atoms with E-state index in [2.05, 4.69) is 17.1 Å². The quantitative estimate of drug-likeness (QED) is 0.903. The van der Waals surface area contributed by atoms with Crippen LogP contribution >= 0.6 is 0 Å². The van der Waals surface area contributed by atoms with Gasteiger partial charge in [-0.3, -0.25) is 9.69 Å². The molecule has 6 heteroatoms. The van der Waals surface area contributed by atoms with Gasteiger partial charge in [0, 0.05) is 38.8 Å². The van der Waals surface area contributed by atoms with Gasteiger partial charge in [0.25, 0.3) is 0 Å². The zero-order chi connectivity index (χ0) is 16.2. The second kappa shape index (κ2) is 7.38. The molecule has 0 bridgehead atoms. The molecule has 2 atom stereocenters. The van der Waals surface area contributed by atoms with Crippen LogP contribution in [-0.4, -0.2) is 67.7 Å². The lowest BCUT2D eigenvalue weighted by Gasteiger charge is -2.39. The highest BCUT2D eigenvalue weighted by atomic mass is 19.1. The molecule has 5 nitrogen and oxygen atoms in total. The summed E-state index contributed by atoms with van der Waals surface area (Å²) >= 11 is 0. The zero-order valence-electron chi connectivity index (χ0n) is 13.5. The van der Waals surface area contributed by atoms with E-state index in [1.165, 1.54) is 12.1 Å². The number of morpholine rings is 1. The minimum atomic E-state index is -0.431. The van der Waals surface area contributed by atoms with Crippen molar-refractivity contribution in [2.45, 2.75) is 19.0 Å². The normalized spacial score (nSPS) is 24.4. The highest BCUT2D eigenvalue weighted by Crippen LogP contribution is 2.25. The number of nitrogens with zero attached hydrogens (tertiary/aromatic N) is 2. The number of rotatable bonds is 3. The van der Waals surface area contributed by atoms with Crippen molar-refractivity contribution in [2.24, 2.45) is 0 Å². The van der Waals surface area contributed by atoms with Crippen LogP contribution in [0.15, 0.2) is 24.3 Å². The summed E-state index contributed by atoms with van der Waals surface area (Å²) in [6.45, 7) is 6.85. The Kier molecular flexibility index (Phi) is 5.25. The summed E-state index contributed by atoms with van der Waals surface area (Å²) in [4.78, 5) is 17.1. The van der Waals surface area contributed by atoms with Gasteiger partial charge in [0.2, 0.25) is 5.91 Å². The zero-order valence-corrected chi connectivity index (χ0v) is 13.5. The summed E-state index contributed by atoms with van der Waals surface area (Å²) < 4.78 is 19.1. The van der Waals surface area contributed by atoms with Gasteiger partial charge < -0.3 is 15.0 Å².